The van der Waals surface area contributed by atoms with Crippen molar-refractivity contribution in [3.8, 4) is 0 Å². The minimum Gasteiger partial charge on any atom is -0.390 e. The lowest BCUT2D eigenvalue weighted by atomic mass is 10.1. The fraction of sp³-hybridized carbons (Fsp3) is 0.333. The Balaban J connectivity index is 2.06. The zero-order valence-electron chi connectivity index (χ0n) is 12.3. The molecule has 112 valence electrons. The number of benzene rings is 2. The van der Waals surface area contributed by atoms with Gasteiger partial charge in [-0.1, -0.05) is 60.7 Å². The highest BCUT2D eigenvalue weighted by atomic mass is 19.1. The molecular formula is C18H22FNO. The molecule has 0 spiro atoms. The van der Waals surface area contributed by atoms with Gasteiger partial charge in [-0.2, -0.15) is 0 Å². The van der Waals surface area contributed by atoms with Gasteiger partial charge in [0.05, 0.1) is 6.10 Å². The summed E-state index contributed by atoms with van der Waals surface area (Å²) < 4.78 is 13.9. The predicted molar refractivity (Wildman–Crippen MR) is 83.6 cm³/mol. The highest BCUT2D eigenvalue weighted by molar-refractivity contribution is 5.17. The summed E-state index contributed by atoms with van der Waals surface area (Å²) in [5.41, 5.74) is 2.29. The van der Waals surface area contributed by atoms with Gasteiger partial charge in [-0.05, 0) is 18.1 Å². The fourth-order valence-corrected chi connectivity index (χ4v) is 2.27. The van der Waals surface area contributed by atoms with Crippen molar-refractivity contribution in [2.75, 3.05) is 6.54 Å². The largest absolute Gasteiger partial charge is 0.390 e. The van der Waals surface area contributed by atoms with E-state index in [-0.39, 0.29) is 6.54 Å². The van der Waals surface area contributed by atoms with Crippen LogP contribution in [0.1, 0.15) is 18.1 Å². The van der Waals surface area contributed by atoms with E-state index < -0.39 is 12.3 Å². The molecule has 2 unspecified atom stereocenters. The Hall–Kier alpha value is -1.71. The first kappa shape index (κ1) is 15.7. The van der Waals surface area contributed by atoms with Crippen molar-refractivity contribution in [3.63, 3.8) is 0 Å². The summed E-state index contributed by atoms with van der Waals surface area (Å²) >= 11 is 0. The van der Waals surface area contributed by atoms with Crippen LogP contribution in [0.4, 0.5) is 4.39 Å². The molecule has 3 heteroatoms. The maximum absolute atomic E-state index is 13.9. The van der Waals surface area contributed by atoms with E-state index in [9.17, 15) is 9.50 Å². The lowest BCUT2D eigenvalue weighted by Crippen LogP contribution is -2.34. The van der Waals surface area contributed by atoms with Gasteiger partial charge in [-0.3, -0.25) is 4.90 Å². The van der Waals surface area contributed by atoms with Crippen LogP contribution in [-0.4, -0.2) is 28.8 Å². The molecule has 2 aromatic rings. The van der Waals surface area contributed by atoms with Crippen LogP contribution in [0, 0.1) is 0 Å². The quantitative estimate of drug-likeness (QED) is 0.843. The van der Waals surface area contributed by atoms with E-state index in [4.69, 9.17) is 0 Å². The topological polar surface area (TPSA) is 23.5 Å². The Labute approximate surface area is 125 Å². The van der Waals surface area contributed by atoms with E-state index in [1.54, 1.807) is 0 Å². The molecule has 21 heavy (non-hydrogen) atoms. The zero-order valence-corrected chi connectivity index (χ0v) is 12.3. The summed E-state index contributed by atoms with van der Waals surface area (Å²) in [7, 11) is 0. The number of rotatable bonds is 7. The summed E-state index contributed by atoms with van der Waals surface area (Å²) in [6.07, 6.45) is -2.18. The summed E-state index contributed by atoms with van der Waals surface area (Å²) in [6, 6.07) is 20.0. The van der Waals surface area contributed by atoms with Gasteiger partial charge >= 0.3 is 0 Å². The lowest BCUT2D eigenvalue weighted by Gasteiger charge is -2.25. The summed E-state index contributed by atoms with van der Waals surface area (Å²) in [5, 5.41) is 9.40. The van der Waals surface area contributed by atoms with Crippen LogP contribution in [0.15, 0.2) is 60.7 Å². The van der Waals surface area contributed by atoms with Crippen LogP contribution in [0.3, 0.4) is 0 Å². The first-order valence-electron chi connectivity index (χ1n) is 7.27. The zero-order chi connectivity index (χ0) is 15.1. The second-order valence-corrected chi connectivity index (χ2v) is 5.40. The highest BCUT2D eigenvalue weighted by Gasteiger charge is 2.18. The molecular weight excluding hydrogens is 265 g/mol. The number of halogens is 1. The number of hydrogen-bond donors (Lipinski definition) is 1. The molecule has 0 heterocycles. The van der Waals surface area contributed by atoms with Gasteiger partial charge in [0.1, 0.15) is 6.17 Å². The first-order valence-corrected chi connectivity index (χ1v) is 7.27. The third-order valence-corrected chi connectivity index (χ3v) is 3.45. The van der Waals surface area contributed by atoms with Gasteiger partial charge in [0.2, 0.25) is 0 Å². The van der Waals surface area contributed by atoms with Crippen molar-refractivity contribution in [1.82, 2.24) is 4.90 Å². The van der Waals surface area contributed by atoms with Crippen molar-refractivity contribution in [3.05, 3.63) is 71.8 Å². The molecule has 0 aliphatic carbocycles. The van der Waals surface area contributed by atoms with Gasteiger partial charge in [-0.15, -0.1) is 0 Å². The minimum absolute atomic E-state index is 0.224. The molecule has 0 amide bonds. The molecule has 0 saturated heterocycles. The van der Waals surface area contributed by atoms with Crippen LogP contribution in [0.2, 0.25) is 0 Å². The Bertz CT molecular complexity index is 474. The molecule has 2 aromatic carbocycles. The number of hydrogen-bond acceptors (Lipinski definition) is 2. The van der Waals surface area contributed by atoms with Crippen molar-refractivity contribution >= 4 is 0 Å². The van der Waals surface area contributed by atoms with Gasteiger partial charge < -0.3 is 5.11 Å². The summed E-state index contributed by atoms with van der Waals surface area (Å²) in [5.74, 6) is 0. The van der Waals surface area contributed by atoms with E-state index in [0.717, 1.165) is 11.1 Å². The van der Waals surface area contributed by atoms with Crippen LogP contribution in [-0.2, 0) is 13.1 Å². The van der Waals surface area contributed by atoms with E-state index in [1.807, 2.05) is 65.6 Å². The van der Waals surface area contributed by atoms with Crippen molar-refractivity contribution in [1.29, 1.82) is 0 Å². The first-order chi connectivity index (χ1) is 10.1. The Morgan fingerprint density at radius 3 is 1.71 bits per heavy atom. The van der Waals surface area contributed by atoms with Crippen molar-refractivity contribution < 1.29 is 9.50 Å². The van der Waals surface area contributed by atoms with Gasteiger partial charge in [-0.25, -0.2) is 4.39 Å². The predicted octanol–water partition coefficient (Wildman–Crippen LogP) is 3.41. The van der Waals surface area contributed by atoms with Crippen molar-refractivity contribution in [2.45, 2.75) is 32.3 Å². The van der Waals surface area contributed by atoms with Gasteiger partial charge in [0, 0.05) is 19.6 Å². The summed E-state index contributed by atoms with van der Waals surface area (Å²) in [6.45, 7) is 3.06. The monoisotopic (exact) mass is 287 g/mol. The molecule has 2 nitrogen and oxygen atoms in total. The van der Waals surface area contributed by atoms with Crippen LogP contribution >= 0.6 is 0 Å². The number of alkyl halides is 1. The average molecular weight is 287 g/mol. The third kappa shape index (κ3) is 5.29. The number of aliphatic hydroxyl groups is 1. The van der Waals surface area contributed by atoms with Gasteiger partial charge in [0.25, 0.3) is 0 Å². The minimum atomic E-state index is -1.24. The number of aliphatic hydroxyl groups excluding tert-OH is 1. The smallest absolute Gasteiger partial charge is 0.138 e. The van der Waals surface area contributed by atoms with E-state index >= 15 is 0 Å². The Morgan fingerprint density at radius 2 is 1.33 bits per heavy atom. The molecule has 2 atom stereocenters. The van der Waals surface area contributed by atoms with E-state index in [1.165, 1.54) is 6.92 Å². The SMILES string of the molecule is CC(O)C(F)CN(Cc1ccccc1)Cc1ccccc1. The second-order valence-electron chi connectivity index (χ2n) is 5.40. The molecule has 1 N–H and O–H groups in total. The standard InChI is InChI=1S/C18H22FNO/c1-15(21)18(19)14-20(12-16-8-4-2-5-9-16)13-17-10-6-3-7-11-17/h2-11,15,18,21H,12-14H2,1H3. The van der Waals surface area contributed by atoms with E-state index in [2.05, 4.69) is 0 Å². The highest BCUT2D eigenvalue weighted by Crippen LogP contribution is 2.12. The van der Waals surface area contributed by atoms with Crippen molar-refractivity contribution in [2.24, 2.45) is 0 Å². The third-order valence-electron chi connectivity index (χ3n) is 3.45. The Kier molecular flexibility index (Phi) is 5.90. The normalized spacial score (nSPS) is 14.1. The molecule has 0 aliphatic heterocycles. The average Bonchev–Trinajstić information content (AvgIpc) is 2.49. The maximum atomic E-state index is 13.9. The van der Waals surface area contributed by atoms with Crippen LogP contribution in [0.5, 0.6) is 0 Å². The summed E-state index contributed by atoms with van der Waals surface area (Å²) in [4.78, 5) is 2.03. The Morgan fingerprint density at radius 1 is 0.905 bits per heavy atom. The van der Waals surface area contributed by atoms with Crippen LogP contribution in [0.25, 0.3) is 0 Å². The number of nitrogens with zero attached hydrogens (tertiary/aromatic N) is 1. The molecule has 0 aliphatic rings. The molecule has 0 fully saturated rings. The second kappa shape index (κ2) is 7.91. The molecule has 0 radical (unpaired) electrons. The van der Waals surface area contributed by atoms with Gasteiger partial charge in [0.15, 0.2) is 0 Å². The van der Waals surface area contributed by atoms with Crippen LogP contribution < -0.4 is 0 Å². The maximum Gasteiger partial charge on any atom is 0.138 e. The molecule has 0 saturated carbocycles. The molecule has 0 bridgehead atoms. The van der Waals surface area contributed by atoms with E-state index in [0.29, 0.717) is 13.1 Å². The lowest BCUT2D eigenvalue weighted by molar-refractivity contribution is 0.0595. The molecule has 0 aromatic heterocycles. The molecule has 2 rings (SSSR count). The fourth-order valence-electron chi connectivity index (χ4n) is 2.27.